The highest BCUT2D eigenvalue weighted by atomic mass is 16.6. The highest BCUT2D eigenvalue weighted by Crippen LogP contribution is 2.33. The molecule has 5 nitrogen and oxygen atoms in total. The Balaban J connectivity index is 2.57. The molecule has 1 rings (SSSR count). The van der Waals surface area contributed by atoms with E-state index in [4.69, 9.17) is 10.5 Å². The molecule has 17 heavy (non-hydrogen) atoms. The number of nitrogens with two attached hydrogens (primary N) is 1. The summed E-state index contributed by atoms with van der Waals surface area (Å²) in [6.45, 7) is 7.32. The van der Waals surface area contributed by atoms with Crippen molar-refractivity contribution in [3.05, 3.63) is 0 Å². The van der Waals surface area contributed by atoms with Crippen molar-refractivity contribution in [1.82, 2.24) is 4.90 Å². The van der Waals surface area contributed by atoms with Crippen LogP contribution in [0.5, 0.6) is 0 Å². The largest absolute Gasteiger partial charge is 0.444 e. The minimum atomic E-state index is -0.477. The molecule has 0 bridgehead atoms. The van der Waals surface area contributed by atoms with Crippen LogP contribution in [0.1, 0.15) is 33.6 Å². The highest BCUT2D eigenvalue weighted by molar-refractivity contribution is 5.68. The Kier molecular flexibility index (Phi) is 4.38. The number of carbonyl (C=O) groups is 1. The van der Waals surface area contributed by atoms with E-state index >= 15 is 0 Å². The van der Waals surface area contributed by atoms with E-state index in [1.165, 1.54) is 0 Å². The van der Waals surface area contributed by atoms with Crippen LogP contribution in [0, 0.1) is 5.41 Å². The molecule has 1 aliphatic heterocycles. The number of nitrogens with zero attached hydrogens (tertiary/aromatic N) is 1. The first-order valence-electron chi connectivity index (χ1n) is 6.11. The van der Waals surface area contributed by atoms with Crippen molar-refractivity contribution < 1.29 is 14.6 Å². The van der Waals surface area contributed by atoms with Crippen LogP contribution in [0.15, 0.2) is 0 Å². The van der Waals surface area contributed by atoms with Gasteiger partial charge in [-0.25, -0.2) is 4.79 Å². The van der Waals surface area contributed by atoms with E-state index in [1.807, 2.05) is 20.8 Å². The fourth-order valence-electron chi connectivity index (χ4n) is 2.14. The first kappa shape index (κ1) is 14.3. The van der Waals surface area contributed by atoms with Crippen molar-refractivity contribution in [3.8, 4) is 0 Å². The van der Waals surface area contributed by atoms with Crippen molar-refractivity contribution in [3.63, 3.8) is 0 Å². The third-order valence-electron chi connectivity index (χ3n) is 3.10. The van der Waals surface area contributed by atoms with Crippen LogP contribution in [-0.4, -0.2) is 47.9 Å². The van der Waals surface area contributed by atoms with Crippen molar-refractivity contribution in [2.75, 3.05) is 26.2 Å². The molecule has 0 aromatic rings. The molecule has 3 N–H and O–H groups in total. The van der Waals surface area contributed by atoms with E-state index in [0.29, 0.717) is 19.6 Å². The van der Waals surface area contributed by atoms with E-state index in [1.54, 1.807) is 4.90 Å². The van der Waals surface area contributed by atoms with Crippen LogP contribution < -0.4 is 5.73 Å². The SMILES string of the molecule is CC(C)(C)OC(=O)N1CCC(CO)(CCN)C1. The molecule has 1 saturated heterocycles. The maximum atomic E-state index is 11.9. The van der Waals surface area contributed by atoms with E-state index < -0.39 is 5.60 Å². The lowest BCUT2D eigenvalue weighted by atomic mass is 9.85. The van der Waals surface area contributed by atoms with Gasteiger partial charge in [0.05, 0.1) is 6.61 Å². The summed E-state index contributed by atoms with van der Waals surface area (Å²) in [6.07, 6.45) is 1.23. The Bertz CT molecular complexity index is 275. The number of hydrogen-bond acceptors (Lipinski definition) is 4. The van der Waals surface area contributed by atoms with Gasteiger partial charge in [-0.2, -0.15) is 0 Å². The summed E-state index contributed by atoms with van der Waals surface area (Å²) in [7, 11) is 0. The number of ether oxygens (including phenoxy) is 1. The number of carbonyl (C=O) groups excluding carboxylic acids is 1. The zero-order valence-corrected chi connectivity index (χ0v) is 11.0. The van der Waals surface area contributed by atoms with E-state index in [9.17, 15) is 9.90 Å². The van der Waals surface area contributed by atoms with Gasteiger partial charge in [-0.1, -0.05) is 0 Å². The molecule has 0 aromatic heterocycles. The average molecular weight is 244 g/mol. The lowest BCUT2D eigenvalue weighted by Crippen LogP contribution is -2.38. The van der Waals surface area contributed by atoms with Gasteiger partial charge in [0.2, 0.25) is 0 Å². The third kappa shape index (κ3) is 3.85. The molecule has 5 heteroatoms. The summed E-state index contributed by atoms with van der Waals surface area (Å²) in [5.41, 5.74) is 4.84. The van der Waals surface area contributed by atoms with Crippen molar-refractivity contribution in [2.24, 2.45) is 11.1 Å². The van der Waals surface area contributed by atoms with Gasteiger partial charge in [-0.05, 0) is 40.2 Å². The lowest BCUT2D eigenvalue weighted by molar-refractivity contribution is 0.0251. The zero-order chi connectivity index (χ0) is 13.1. The minimum absolute atomic E-state index is 0.0729. The average Bonchev–Trinajstić information content (AvgIpc) is 2.61. The molecular weight excluding hydrogens is 220 g/mol. The summed E-state index contributed by atoms with van der Waals surface area (Å²) in [4.78, 5) is 13.5. The quantitative estimate of drug-likeness (QED) is 0.775. The van der Waals surface area contributed by atoms with Crippen LogP contribution in [0.4, 0.5) is 4.79 Å². The molecular formula is C12H24N2O3. The Morgan fingerprint density at radius 2 is 2.18 bits per heavy atom. The fraction of sp³-hybridized carbons (Fsp3) is 0.917. The molecule has 0 aromatic carbocycles. The Morgan fingerprint density at radius 1 is 1.53 bits per heavy atom. The standard InChI is InChI=1S/C12H24N2O3/c1-11(2,3)17-10(16)14-7-5-12(8-14,9-15)4-6-13/h15H,4-9,13H2,1-3H3. The smallest absolute Gasteiger partial charge is 0.410 e. The molecule has 1 fully saturated rings. The molecule has 0 spiro atoms. The number of hydrogen-bond donors (Lipinski definition) is 2. The number of rotatable bonds is 3. The predicted octanol–water partition coefficient (Wildman–Crippen LogP) is 0.955. The summed E-state index contributed by atoms with van der Waals surface area (Å²) in [5, 5.41) is 9.45. The summed E-state index contributed by atoms with van der Waals surface area (Å²) >= 11 is 0. The monoisotopic (exact) mass is 244 g/mol. The number of aliphatic hydroxyl groups is 1. The maximum Gasteiger partial charge on any atom is 0.410 e. The van der Waals surface area contributed by atoms with Gasteiger partial charge in [0.15, 0.2) is 0 Å². The Morgan fingerprint density at radius 3 is 2.65 bits per heavy atom. The second-order valence-corrected chi connectivity index (χ2v) is 5.85. The topological polar surface area (TPSA) is 75.8 Å². The van der Waals surface area contributed by atoms with Crippen LogP contribution in [0.2, 0.25) is 0 Å². The predicted molar refractivity (Wildman–Crippen MR) is 65.6 cm³/mol. The van der Waals surface area contributed by atoms with Crippen molar-refractivity contribution in [2.45, 2.75) is 39.2 Å². The van der Waals surface area contributed by atoms with Crippen LogP contribution in [0.25, 0.3) is 0 Å². The van der Waals surface area contributed by atoms with Gasteiger partial charge in [-0.3, -0.25) is 0 Å². The number of amides is 1. The molecule has 1 heterocycles. The van der Waals surface area contributed by atoms with E-state index in [-0.39, 0.29) is 18.1 Å². The summed E-state index contributed by atoms with van der Waals surface area (Å²) < 4.78 is 5.31. The van der Waals surface area contributed by atoms with Crippen molar-refractivity contribution in [1.29, 1.82) is 0 Å². The number of likely N-dealkylation sites (tertiary alicyclic amines) is 1. The van der Waals surface area contributed by atoms with Crippen LogP contribution in [-0.2, 0) is 4.74 Å². The molecule has 0 saturated carbocycles. The Hall–Kier alpha value is -0.810. The zero-order valence-electron chi connectivity index (χ0n) is 11.0. The van der Waals surface area contributed by atoms with Crippen molar-refractivity contribution >= 4 is 6.09 Å². The molecule has 1 atom stereocenters. The molecule has 1 amide bonds. The first-order chi connectivity index (χ1) is 7.82. The maximum absolute atomic E-state index is 11.9. The normalized spacial score (nSPS) is 25.1. The van der Waals surface area contributed by atoms with Crippen LogP contribution >= 0.6 is 0 Å². The first-order valence-corrected chi connectivity index (χ1v) is 6.11. The van der Waals surface area contributed by atoms with Gasteiger partial charge < -0.3 is 20.5 Å². The van der Waals surface area contributed by atoms with E-state index in [2.05, 4.69) is 0 Å². The molecule has 0 radical (unpaired) electrons. The fourth-order valence-corrected chi connectivity index (χ4v) is 2.14. The molecule has 1 unspecified atom stereocenters. The molecule has 1 aliphatic rings. The third-order valence-corrected chi connectivity index (χ3v) is 3.10. The highest BCUT2D eigenvalue weighted by Gasteiger charge is 2.40. The summed E-state index contributed by atoms with van der Waals surface area (Å²) in [5.74, 6) is 0. The van der Waals surface area contributed by atoms with E-state index in [0.717, 1.165) is 12.8 Å². The van der Waals surface area contributed by atoms with Gasteiger partial charge in [0.25, 0.3) is 0 Å². The molecule has 0 aliphatic carbocycles. The molecule has 100 valence electrons. The van der Waals surface area contributed by atoms with Gasteiger partial charge in [0, 0.05) is 18.5 Å². The summed E-state index contributed by atoms with van der Waals surface area (Å²) in [6, 6.07) is 0. The van der Waals surface area contributed by atoms with Gasteiger partial charge in [-0.15, -0.1) is 0 Å². The second kappa shape index (κ2) is 5.23. The second-order valence-electron chi connectivity index (χ2n) is 5.85. The lowest BCUT2D eigenvalue weighted by Gasteiger charge is -2.28. The van der Waals surface area contributed by atoms with Gasteiger partial charge in [0.1, 0.15) is 5.60 Å². The van der Waals surface area contributed by atoms with Gasteiger partial charge >= 0.3 is 6.09 Å². The van der Waals surface area contributed by atoms with Crippen LogP contribution in [0.3, 0.4) is 0 Å². The number of aliphatic hydroxyl groups excluding tert-OH is 1. The minimum Gasteiger partial charge on any atom is -0.444 e. The Labute approximate surface area is 103 Å².